The van der Waals surface area contributed by atoms with Gasteiger partial charge in [0, 0.05) is 17.1 Å². The quantitative estimate of drug-likeness (QED) is 0.446. The molecule has 0 unspecified atom stereocenters. The Kier molecular flexibility index (Phi) is 84.3. The first-order valence-corrected chi connectivity index (χ1v) is 3.79. The van der Waals surface area contributed by atoms with Crippen LogP contribution in [0.3, 0.4) is 0 Å². The summed E-state index contributed by atoms with van der Waals surface area (Å²) in [6.07, 6.45) is 0. The molecule has 0 spiro atoms. The number of hydrogen-bond donors (Lipinski definition) is 0. The van der Waals surface area contributed by atoms with Gasteiger partial charge in [0.1, 0.15) is 0 Å². The third-order valence-corrected chi connectivity index (χ3v) is 0.556. The molecular weight excluding hydrogens is 187 g/mol. The molecule has 1 rings (SSSR count). The standard InChI is InChI=1S/C5H5.3C2H5.Mn/c1-2-4-5-3-1;3*1-2;/h1-5H;3*1H2,2H3;/q4*-1;. The van der Waals surface area contributed by atoms with Gasteiger partial charge in [0.2, 0.25) is 0 Å². The Morgan fingerprint density at radius 1 is 0.750 bits per heavy atom. The van der Waals surface area contributed by atoms with Crippen molar-refractivity contribution in [1.82, 2.24) is 0 Å². The fourth-order valence-corrected chi connectivity index (χ4v) is 0.321. The van der Waals surface area contributed by atoms with Gasteiger partial charge >= 0.3 is 0 Å². The molecule has 0 saturated heterocycles. The second kappa shape index (κ2) is 44.7. The minimum absolute atomic E-state index is 0. The van der Waals surface area contributed by atoms with E-state index in [4.69, 9.17) is 0 Å². The molecule has 0 bridgehead atoms. The summed E-state index contributed by atoms with van der Waals surface area (Å²) in [5.41, 5.74) is 0. The minimum atomic E-state index is 0. The third-order valence-electron chi connectivity index (χ3n) is 0.556. The van der Waals surface area contributed by atoms with Crippen LogP contribution in [-0.2, 0) is 17.1 Å². The fraction of sp³-hybridized carbons (Fsp3) is 0.273. The van der Waals surface area contributed by atoms with Crippen LogP contribution < -0.4 is 0 Å². The summed E-state index contributed by atoms with van der Waals surface area (Å²) in [6.45, 7) is 15.0. The maximum absolute atomic E-state index is 3.25. The molecule has 1 heteroatoms. The molecule has 0 aromatic heterocycles. The number of hydrogen-bond acceptors (Lipinski definition) is 0. The van der Waals surface area contributed by atoms with Crippen LogP contribution in [0.1, 0.15) is 20.8 Å². The van der Waals surface area contributed by atoms with Crippen molar-refractivity contribution in [2.45, 2.75) is 20.8 Å². The number of rotatable bonds is 0. The molecule has 0 amide bonds. The fourth-order valence-electron chi connectivity index (χ4n) is 0.321. The van der Waals surface area contributed by atoms with Gasteiger partial charge < -0.3 is 20.8 Å². The van der Waals surface area contributed by atoms with Crippen molar-refractivity contribution in [3.05, 3.63) is 51.1 Å². The van der Waals surface area contributed by atoms with Gasteiger partial charge in [-0.05, 0) is 0 Å². The van der Waals surface area contributed by atoms with E-state index in [0.29, 0.717) is 0 Å². The molecule has 75 valence electrons. The Bertz CT molecular complexity index is 61.5. The normalized spacial score (nSPS) is 4.83. The van der Waals surface area contributed by atoms with Gasteiger partial charge in [0.15, 0.2) is 0 Å². The molecule has 0 heterocycles. The van der Waals surface area contributed by atoms with Crippen LogP contribution in [0.2, 0.25) is 0 Å². The smallest absolute Gasteiger partial charge is 0 e. The maximum Gasteiger partial charge on any atom is 0 e. The van der Waals surface area contributed by atoms with Crippen molar-refractivity contribution in [2.24, 2.45) is 0 Å². The molecule has 0 aliphatic carbocycles. The summed E-state index contributed by atoms with van der Waals surface area (Å²) >= 11 is 0. The minimum Gasteiger partial charge on any atom is -0.346 e. The average Bonchev–Trinajstić information content (AvgIpc) is 2.71. The Morgan fingerprint density at radius 3 is 1.08 bits per heavy atom. The van der Waals surface area contributed by atoms with Crippen LogP contribution in [0.4, 0.5) is 0 Å². The maximum atomic E-state index is 3.25. The Morgan fingerprint density at radius 2 is 1.00 bits per heavy atom. The van der Waals surface area contributed by atoms with E-state index in [9.17, 15) is 0 Å². The molecule has 1 radical (unpaired) electrons. The zero-order valence-electron chi connectivity index (χ0n) is 8.39. The SMILES string of the molecule is [CH2-]C.[CH2-]C.[CH2-]C.[Mn].c1cc[cH-]c1. The summed E-state index contributed by atoms with van der Waals surface area (Å²) in [6, 6.07) is 10.0. The van der Waals surface area contributed by atoms with E-state index in [1.165, 1.54) is 0 Å². The molecule has 0 aliphatic rings. The van der Waals surface area contributed by atoms with Gasteiger partial charge in [-0.3, -0.25) is 0 Å². The molecule has 0 saturated carbocycles. The zero-order chi connectivity index (χ0) is 9.54. The van der Waals surface area contributed by atoms with Crippen LogP contribution in [-0.4, -0.2) is 0 Å². The Labute approximate surface area is 89.2 Å². The van der Waals surface area contributed by atoms with E-state index in [1.54, 1.807) is 20.8 Å². The first-order chi connectivity index (χ1) is 5.50. The monoisotopic (exact) mass is 207 g/mol. The topological polar surface area (TPSA) is 0 Å². The molecule has 1 aromatic carbocycles. The van der Waals surface area contributed by atoms with Crippen molar-refractivity contribution in [3.63, 3.8) is 0 Å². The van der Waals surface area contributed by atoms with Crippen molar-refractivity contribution < 1.29 is 17.1 Å². The van der Waals surface area contributed by atoms with Crippen molar-refractivity contribution >= 4 is 0 Å². The predicted octanol–water partition coefficient (Wildman–Crippen LogP) is 3.92. The van der Waals surface area contributed by atoms with Gasteiger partial charge in [-0.25, -0.2) is 12.1 Å². The zero-order valence-corrected chi connectivity index (χ0v) is 9.57. The third kappa shape index (κ3) is 32.7. The van der Waals surface area contributed by atoms with Gasteiger partial charge in [-0.15, -0.1) is 0 Å². The van der Waals surface area contributed by atoms with Crippen molar-refractivity contribution in [1.29, 1.82) is 0 Å². The van der Waals surface area contributed by atoms with E-state index in [2.05, 4.69) is 20.8 Å². The van der Waals surface area contributed by atoms with Crippen LogP contribution >= 0.6 is 0 Å². The second-order valence-electron chi connectivity index (χ2n) is 0.962. The van der Waals surface area contributed by atoms with E-state index in [-0.39, 0.29) is 17.1 Å². The predicted molar refractivity (Wildman–Crippen MR) is 55.1 cm³/mol. The van der Waals surface area contributed by atoms with Crippen molar-refractivity contribution in [3.8, 4) is 0 Å². The molecule has 0 nitrogen and oxygen atoms in total. The average molecular weight is 207 g/mol. The summed E-state index contributed by atoms with van der Waals surface area (Å²) in [5.74, 6) is 0. The Balaban J connectivity index is -0.0000000406. The van der Waals surface area contributed by atoms with Gasteiger partial charge in [0.05, 0.1) is 0 Å². The second-order valence-corrected chi connectivity index (χ2v) is 0.962. The summed E-state index contributed by atoms with van der Waals surface area (Å²) in [7, 11) is 0. The first kappa shape index (κ1) is 22.6. The van der Waals surface area contributed by atoms with Crippen LogP contribution in [0, 0.1) is 20.8 Å². The summed E-state index contributed by atoms with van der Waals surface area (Å²) < 4.78 is 0. The summed E-state index contributed by atoms with van der Waals surface area (Å²) in [4.78, 5) is 0. The van der Waals surface area contributed by atoms with Gasteiger partial charge in [-0.1, -0.05) is 0 Å². The Hall–Kier alpha value is -0.131. The van der Waals surface area contributed by atoms with Gasteiger partial charge in [0.25, 0.3) is 0 Å². The molecule has 1 aromatic rings. The van der Waals surface area contributed by atoms with Crippen LogP contribution in [0.25, 0.3) is 0 Å². The van der Waals surface area contributed by atoms with Crippen LogP contribution in [0.5, 0.6) is 0 Å². The van der Waals surface area contributed by atoms with E-state index in [1.807, 2.05) is 30.3 Å². The van der Waals surface area contributed by atoms with E-state index in [0.717, 1.165) is 0 Å². The molecular formula is C11H20Mn-4. The molecule has 12 heavy (non-hydrogen) atoms. The van der Waals surface area contributed by atoms with Crippen molar-refractivity contribution in [2.75, 3.05) is 0 Å². The molecule has 0 atom stereocenters. The van der Waals surface area contributed by atoms with Crippen LogP contribution in [0.15, 0.2) is 30.3 Å². The molecule has 0 N–H and O–H groups in total. The van der Waals surface area contributed by atoms with Gasteiger partial charge in [-0.2, -0.15) is 39.0 Å². The van der Waals surface area contributed by atoms with E-state index >= 15 is 0 Å². The van der Waals surface area contributed by atoms with E-state index < -0.39 is 0 Å². The largest absolute Gasteiger partial charge is 0.346 e. The first-order valence-electron chi connectivity index (χ1n) is 3.79. The molecule has 0 aliphatic heterocycles. The summed E-state index contributed by atoms with van der Waals surface area (Å²) in [5, 5.41) is 0. The molecule has 0 fully saturated rings.